The zero-order valence-electron chi connectivity index (χ0n) is 9.17. The summed E-state index contributed by atoms with van der Waals surface area (Å²) in [4.78, 5) is 17.9. The van der Waals surface area contributed by atoms with Crippen LogP contribution in [0.2, 0.25) is 0 Å². The van der Waals surface area contributed by atoms with Crippen LogP contribution in [-0.4, -0.2) is 21.5 Å². The van der Waals surface area contributed by atoms with E-state index in [2.05, 4.69) is 31.9 Å². The monoisotopic (exact) mass is 438 g/mol. The molecular formula is C10H11Br2Cl2O3P. The maximum absolute atomic E-state index is 8.95. The number of aryl methyl sites for hydroxylation is 1. The van der Waals surface area contributed by atoms with Gasteiger partial charge >= 0.3 is 8.60 Å². The summed E-state index contributed by atoms with van der Waals surface area (Å²) in [6.45, 7) is 0. The van der Waals surface area contributed by atoms with Gasteiger partial charge in [-0.2, -0.15) is 0 Å². The van der Waals surface area contributed by atoms with E-state index in [1.807, 2.05) is 0 Å². The Hall–Kier alpha value is 0.910. The van der Waals surface area contributed by atoms with Crippen LogP contribution in [0.15, 0.2) is 15.0 Å². The van der Waals surface area contributed by atoms with Crippen LogP contribution in [-0.2, 0) is 12.8 Å². The molecular weight excluding hydrogens is 430 g/mol. The molecule has 3 nitrogen and oxygen atoms in total. The fraction of sp³-hybridized carbons (Fsp3) is 0.400. The summed E-state index contributed by atoms with van der Waals surface area (Å²) in [6.07, 6.45) is 1.28. The maximum atomic E-state index is 8.95. The summed E-state index contributed by atoms with van der Waals surface area (Å²) in [6, 6.07) is 1.73. The van der Waals surface area contributed by atoms with Crippen LogP contribution < -0.4 is 4.52 Å². The zero-order chi connectivity index (χ0) is 13.7. The average molecular weight is 441 g/mol. The highest BCUT2D eigenvalue weighted by atomic mass is 79.9. The van der Waals surface area contributed by atoms with E-state index in [0.29, 0.717) is 34.8 Å². The molecule has 0 fully saturated rings. The summed E-state index contributed by atoms with van der Waals surface area (Å²) >= 11 is 18.4. The standard InChI is InChI=1S/C10H11Br2Cl2O3P/c11-9-6(1-3-13)5-8(17-18(15)16)10(12)7(9)2-4-14/h5,15-16H,1-4H2. The molecule has 0 aromatic heterocycles. The molecule has 0 saturated heterocycles. The maximum Gasteiger partial charge on any atom is 0.391 e. The molecule has 0 spiro atoms. The minimum atomic E-state index is -2.46. The van der Waals surface area contributed by atoms with Crippen LogP contribution in [0.5, 0.6) is 5.75 Å². The Balaban J connectivity index is 3.25. The Labute approximate surface area is 134 Å². The van der Waals surface area contributed by atoms with Gasteiger partial charge in [0, 0.05) is 16.2 Å². The molecule has 1 rings (SSSR count). The van der Waals surface area contributed by atoms with Crippen LogP contribution in [0.3, 0.4) is 0 Å². The van der Waals surface area contributed by atoms with E-state index in [-0.39, 0.29) is 0 Å². The van der Waals surface area contributed by atoms with Crippen molar-refractivity contribution in [2.24, 2.45) is 0 Å². The van der Waals surface area contributed by atoms with Gasteiger partial charge in [0.15, 0.2) is 0 Å². The first-order chi connectivity index (χ1) is 8.51. The lowest BCUT2D eigenvalue weighted by Crippen LogP contribution is -1.99. The van der Waals surface area contributed by atoms with Gasteiger partial charge in [0.2, 0.25) is 0 Å². The lowest BCUT2D eigenvalue weighted by molar-refractivity contribution is 0.374. The number of hydrogen-bond acceptors (Lipinski definition) is 3. The van der Waals surface area contributed by atoms with Gasteiger partial charge in [0.25, 0.3) is 0 Å². The minimum absolute atomic E-state index is 0.384. The fourth-order valence-corrected chi connectivity index (χ4v) is 3.88. The molecule has 0 aliphatic rings. The average Bonchev–Trinajstić information content (AvgIpc) is 2.30. The second-order valence-corrected chi connectivity index (χ2v) is 6.39. The van der Waals surface area contributed by atoms with Crippen molar-refractivity contribution in [2.45, 2.75) is 12.8 Å². The summed E-state index contributed by atoms with van der Waals surface area (Å²) in [5.74, 6) is 1.30. The Morgan fingerprint density at radius 3 is 2.22 bits per heavy atom. The van der Waals surface area contributed by atoms with Gasteiger partial charge in [0.05, 0.1) is 4.47 Å². The molecule has 0 bridgehead atoms. The number of benzene rings is 1. The lowest BCUT2D eigenvalue weighted by atomic mass is 10.1. The van der Waals surface area contributed by atoms with E-state index in [1.54, 1.807) is 6.07 Å². The van der Waals surface area contributed by atoms with Crippen molar-refractivity contribution in [1.29, 1.82) is 0 Å². The molecule has 0 unspecified atom stereocenters. The van der Waals surface area contributed by atoms with Crippen molar-refractivity contribution < 1.29 is 14.3 Å². The van der Waals surface area contributed by atoms with Gasteiger partial charge in [-0.3, -0.25) is 0 Å². The van der Waals surface area contributed by atoms with E-state index in [9.17, 15) is 0 Å². The molecule has 1 aromatic rings. The first-order valence-corrected chi connectivity index (χ1v) is 8.80. The Kier molecular flexibility index (Phi) is 7.78. The van der Waals surface area contributed by atoms with E-state index in [4.69, 9.17) is 37.5 Å². The molecule has 18 heavy (non-hydrogen) atoms. The normalized spacial score (nSPS) is 11.1. The Morgan fingerprint density at radius 2 is 1.72 bits per heavy atom. The third-order valence-electron chi connectivity index (χ3n) is 2.22. The van der Waals surface area contributed by atoms with E-state index >= 15 is 0 Å². The van der Waals surface area contributed by atoms with Crippen LogP contribution in [0.1, 0.15) is 11.1 Å². The van der Waals surface area contributed by atoms with E-state index in [0.717, 1.165) is 15.6 Å². The van der Waals surface area contributed by atoms with Gasteiger partial charge in [-0.15, -0.1) is 23.2 Å². The molecule has 1 aromatic carbocycles. The quantitative estimate of drug-likeness (QED) is 0.510. The van der Waals surface area contributed by atoms with Gasteiger partial charge < -0.3 is 14.3 Å². The third-order valence-corrected chi connectivity index (χ3v) is 4.82. The molecule has 0 atom stereocenters. The lowest BCUT2D eigenvalue weighted by Gasteiger charge is -2.16. The van der Waals surface area contributed by atoms with Crippen molar-refractivity contribution in [3.8, 4) is 5.75 Å². The van der Waals surface area contributed by atoms with Crippen molar-refractivity contribution in [1.82, 2.24) is 0 Å². The summed E-state index contributed by atoms with van der Waals surface area (Å²) in [7, 11) is -2.46. The summed E-state index contributed by atoms with van der Waals surface area (Å²) in [5.41, 5.74) is 1.87. The van der Waals surface area contributed by atoms with E-state index < -0.39 is 8.60 Å². The molecule has 102 valence electrons. The summed E-state index contributed by atoms with van der Waals surface area (Å²) < 4.78 is 6.59. The molecule has 0 saturated carbocycles. The Morgan fingerprint density at radius 1 is 1.11 bits per heavy atom. The number of rotatable bonds is 6. The molecule has 0 aliphatic carbocycles. The van der Waals surface area contributed by atoms with Crippen LogP contribution >= 0.6 is 63.7 Å². The topological polar surface area (TPSA) is 49.7 Å². The smallest absolute Gasteiger partial charge is 0.391 e. The van der Waals surface area contributed by atoms with Crippen molar-refractivity contribution in [2.75, 3.05) is 11.8 Å². The van der Waals surface area contributed by atoms with E-state index in [1.165, 1.54) is 0 Å². The predicted octanol–water partition coefficient (Wildman–Crippen LogP) is 4.36. The molecule has 0 radical (unpaired) electrons. The molecule has 0 aliphatic heterocycles. The molecule has 0 heterocycles. The Bertz CT molecular complexity index is 419. The van der Waals surface area contributed by atoms with Crippen molar-refractivity contribution in [3.05, 3.63) is 26.1 Å². The highest BCUT2D eigenvalue weighted by Crippen LogP contribution is 2.41. The zero-order valence-corrected chi connectivity index (χ0v) is 14.7. The van der Waals surface area contributed by atoms with Crippen molar-refractivity contribution in [3.63, 3.8) is 0 Å². The number of halogens is 4. The second-order valence-electron chi connectivity index (χ2n) is 3.36. The molecule has 2 N–H and O–H groups in total. The van der Waals surface area contributed by atoms with Crippen LogP contribution in [0.4, 0.5) is 0 Å². The first-order valence-electron chi connectivity index (χ1n) is 4.98. The fourth-order valence-electron chi connectivity index (χ4n) is 1.48. The highest BCUT2D eigenvalue weighted by molar-refractivity contribution is 9.11. The first kappa shape index (κ1) is 17.0. The largest absolute Gasteiger partial charge is 0.426 e. The van der Waals surface area contributed by atoms with Crippen LogP contribution in [0, 0.1) is 0 Å². The molecule has 0 amide bonds. The highest BCUT2D eigenvalue weighted by Gasteiger charge is 2.17. The van der Waals surface area contributed by atoms with Gasteiger partial charge in [0.1, 0.15) is 5.75 Å². The summed E-state index contributed by atoms with van der Waals surface area (Å²) in [5, 5.41) is 0. The minimum Gasteiger partial charge on any atom is -0.426 e. The van der Waals surface area contributed by atoms with Crippen LogP contribution in [0.25, 0.3) is 0 Å². The third kappa shape index (κ3) is 4.48. The number of hydrogen-bond donors (Lipinski definition) is 2. The SMILES string of the molecule is OP(O)Oc1cc(CCCl)c(Br)c(CCCl)c1Br. The molecule has 8 heteroatoms. The van der Waals surface area contributed by atoms with Gasteiger partial charge in [-0.1, -0.05) is 15.9 Å². The van der Waals surface area contributed by atoms with Gasteiger partial charge in [-0.25, -0.2) is 0 Å². The predicted molar refractivity (Wildman–Crippen MR) is 82.7 cm³/mol. The second kappa shape index (κ2) is 8.25. The number of alkyl halides is 2. The van der Waals surface area contributed by atoms with Crippen molar-refractivity contribution >= 4 is 63.7 Å². The van der Waals surface area contributed by atoms with Gasteiger partial charge in [-0.05, 0) is 46.0 Å².